The lowest BCUT2D eigenvalue weighted by molar-refractivity contribution is 0.0926. The fraction of sp³-hybridized carbons (Fsp3) is 0.353. The highest BCUT2D eigenvalue weighted by atomic mass is 16.3. The molecule has 7 nitrogen and oxygen atoms in total. The summed E-state index contributed by atoms with van der Waals surface area (Å²) in [7, 11) is 0. The first-order valence-corrected chi connectivity index (χ1v) is 8.20. The van der Waals surface area contributed by atoms with E-state index in [4.69, 9.17) is 4.42 Å². The quantitative estimate of drug-likeness (QED) is 0.765. The van der Waals surface area contributed by atoms with Crippen LogP contribution in [0.4, 0.5) is 0 Å². The van der Waals surface area contributed by atoms with Crippen LogP contribution in [-0.2, 0) is 0 Å². The Hall–Kier alpha value is -2.67. The highest BCUT2D eigenvalue weighted by molar-refractivity contribution is 5.97. The van der Waals surface area contributed by atoms with Crippen molar-refractivity contribution < 1.29 is 9.21 Å². The number of carbonyl (C=O) groups excluding carboxylic acids is 1. The highest BCUT2D eigenvalue weighted by Gasteiger charge is 2.39. The molecule has 5 heterocycles. The van der Waals surface area contributed by atoms with E-state index in [1.165, 1.54) is 6.42 Å². The van der Waals surface area contributed by atoms with Gasteiger partial charge in [0.1, 0.15) is 12.0 Å². The van der Waals surface area contributed by atoms with Crippen molar-refractivity contribution in [3.63, 3.8) is 0 Å². The van der Waals surface area contributed by atoms with Crippen molar-refractivity contribution >= 4 is 16.9 Å². The summed E-state index contributed by atoms with van der Waals surface area (Å²) in [6, 6.07) is 2.94. The molecule has 0 saturated carbocycles. The van der Waals surface area contributed by atoms with Crippen LogP contribution in [0.5, 0.6) is 0 Å². The van der Waals surface area contributed by atoms with Gasteiger partial charge in [0, 0.05) is 35.9 Å². The van der Waals surface area contributed by atoms with Gasteiger partial charge in [0.15, 0.2) is 5.58 Å². The van der Waals surface area contributed by atoms with Gasteiger partial charge in [0.2, 0.25) is 0 Å². The first-order chi connectivity index (χ1) is 11.8. The maximum Gasteiger partial charge on any atom is 0.270 e. The van der Waals surface area contributed by atoms with E-state index in [0.717, 1.165) is 23.9 Å². The first kappa shape index (κ1) is 13.7. The molecule has 0 aliphatic carbocycles. The minimum Gasteiger partial charge on any atom is -0.460 e. The van der Waals surface area contributed by atoms with E-state index >= 15 is 0 Å². The molecule has 2 bridgehead atoms. The topological polar surface area (TPSA) is 85.0 Å². The number of hydrogen-bond donors (Lipinski definition) is 2. The molecule has 0 radical (unpaired) electrons. The Morgan fingerprint density at radius 3 is 3.12 bits per heavy atom. The number of carbonyl (C=O) groups is 1. The fourth-order valence-electron chi connectivity index (χ4n) is 3.87. The number of aromatic nitrogens is 3. The van der Waals surface area contributed by atoms with Crippen molar-refractivity contribution in [2.75, 3.05) is 0 Å². The smallest absolute Gasteiger partial charge is 0.270 e. The summed E-state index contributed by atoms with van der Waals surface area (Å²) >= 11 is 0. The van der Waals surface area contributed by atoms with E-state index in [1.54, 1.807) is 31.1 Å². The standard InChI is InChI=1S/C17H17N5O2/c23-17(21-13-5-10-1-2-12(13)20-10)14-6-11-15(22-4-3-18-9-22)8-24-16(11)7-19-14/h3-4,6-10,12-13,20H,1-2,5H2,(H,21,23)/t10-,12+,13-/m1/s1. The van der Waals surface area contributed by atoms with Crippen LogP contribution in [0, 0.1) is 0 Å². The minimum absolute atomic E-state index is 0.131. The van der Waals surface area contributed by atoms with Crippen molar-refractivity contribution in [2.24, 2.45) is 0 Å². The van der Waals surface area contributed by atoms with Crippen LogP contribution < -0.4 is 10.6 Å². The van der Waals surface area contributed by atoms with Gasteiger partial charge in [0.05, 0.1) is 18.2 Å². The Labute approximate surface area is 138 Å². The van der Waals surface area contributed by atoms with Crippen LogP contribution >= 0.6 is 0 Å². The van der Waals surface area contributed by atoms with Gasteiger partial charge in [-0.15, -0.1) is 0 Å². The number of pyridine rings is 1. The van der Waals surface area contributed by atoms with Crippen molar-refractivity contribution in [1.82, 2.24) is 25.2 Å². The van der Waals surface area contributed by atoms with Gasteiger partial charge in [-0.3, -0.25) is 4.79 Å². The Morgan fingerprint density at radius 2 is 2.38 bits per heavy atom. The fourth-order valence-corrected chi connectivity index (χ4v) is 3.87. The van der Waals surface area contributed by atoms with Crippen LogP contribution in [0.1, 0.15) is 29.8 Å². The predicted octanol–water partition coefficient (Wildman–Crippen LogP) is 1.64. The molecule has 2 N–H and O–H groups in total. The zero-order chi connectivity index (χ0) is 16.1. The van der Waals surface area contributed by atoms with E-state index < -0.39 is 0 Å². The summed E-state index contributed by atoms with van der Waals surface area (Å²) in [5.74, 6) is -0.131. The predicted molar refractivity (Wildman–Crippen MR) is 86.9 cm³/mol. The third-order valence-corrected chi connectivity index (χ3v) is 5.07. The summed E-state index contributed by atoms with van der Waals surface area (Å²) in [6.07, 6.45) is 11.8. The number of amides is 1. The lowest BCUT2D eigenvalue weighted by Crippen LogP contribution is -2.43. The van der Waals surface area contributed by atoms with E-state index in [2.05, 4.69) is 20.6 Å². The Morgan fingerprint density at radius 1 is 1.42 bits per heavy atom. The third kappa shape index (κ3) is 2.12. The molecular weight excluding hydrogens is 306 g/mol. The zero-order valence-corrected chi connectivity index (χ0v) is 13.0. The van der Waals surface area contributed by atoms with Crippen LogP contribution in [0.15, 0.2) is 41.7 Å². The number of imidazole rings is 1. The molecule has 0 spiro atoms. The second-order valence-corrected chi connectivity index (χ2v) is 6.52. The van der Waals surface area contributed by atoms with E-state index in [-0.39, 0.29) is 11.9 Å². The maximum absolute atomic E-state index is 12.6. The van der Waals surface area contributed by atoms with Gasteiger partial charge in [-0.25, -0.2) is 9.97 Å². The molecule has 2 saturated heterocycles. The summed E-state index contributed by atoms with van der Waals surface area (Å²) in [6.45, 7) is 0. The Balaban J connectivity index is 1.44. The molecule has 24 heavy (non-hydrogen) atoms. The lowest BCUT2D eigenvalue weighted by Gasteiger charge is -2.21. The lowest BCUT2D eigenvalue weighted by atomic mass is 9.95. The third-order valence-electron chi connectivity index (χ3n) is 5.07. The molecule has 7 heteroatoms. The normalized spacial score (nSPS) is 25.4. The average Bonchev–Trinajstić information content (AvgIpc) is 3.36. The summed E-state index contributed by atoms with van der Waals surface area (Å²) in [5.41, 5.74) is 1.91. The van der Waals surface area contributed by atoms with Crippen LogP contribution in [0.2, 0.25) is 0 Å². The first-order valence-electron chi connectivity index (χ1n) is 8.20. The van der Waals surface area contributed by atoms with Crippen LogP contribution in [0.3, 0.4) is 0 Å². The molecule has 5 rings (SSSR count). The second-order valence-electron chi connectivity index (χ2n) is 6.52. The molecular formula is C17H17N5O2. The number of hydrogen-bond acceptors (Lipinski definition) is 5. The number of rotatable bonds is 3. The monoisotopic (exact) mass is 323 g/mol. The van der Waals surface area contributed by atoms with Crippen molar-refractivity contribution in [3.05, 3.63) is 42.9 Å². The van der Waals surface area contributed by atoms with Crippen LogP contribution in [0.25, 0.3) is 16.7 Å². The number of furan rings is 1. The van der Waals surface area contributed by atoms with Crippen molar-refractivity contribution in [1.29, 1.82) is 0 Å². The molecule has 3 atom stereocenters. The molecule has 0 unspecified atom stereocenters. The van der Waals surface area contributed by atoms with Crippen LogP contribution in [-0.4, -0.2) is 38.6 Å². The minimum atomic E-state index is -0.131. The molecule has 3 aromatic rings. The van der Waals surface area contributed by atoms with E-state index in [9.17, 15) is 4.79 Å². The van der Waals surface area contributed by atoms with Gasteiger partial charge >= 0.3 is 0 Å². The number of fused-ring (bicyclic) bond motifs is 3. The van der Waals surface area contributed by atoms with Gasteiger partial charge in [-0.2, -0.15) is 0 Å². The molecule has 2 aliphatic heterocycles. The van der Waals surface area contributed by atoms with Crippen molar-refractivity contribution in [3.8, 4) is 5.69 Å². The van der Waals surface area contributed by atoms with Gasteiger partial charge in [0.25, 0.3) is 5.91 Å². The second kappa shape index (κ2) is 5.17. The van der Waals surface area contributed by atoms with Gasteiger partial charge in [-0.05, 0) is 25.3 Å². The van der Waals surface area contributed by atoms with Gasteiger partial charge in [-0.1, -0.05) is 0 Å². The highest BCUT2D eigenvalue weighted by Crippen LogP contribution is 2.29. The molecule has 1 amide bonds. The van der Waals surface area contributed by atoms with E-state index in [0.29, 0.717) is 23.4 Å². The molecule has 2 fully saturated rings. The molecule has 122 valence electrons. The van der Waals surface area contributed by atoms with E-state index in [1.807, 2.05) is 10.8 Å². The largest absolute Gasteiger partial charge is 0.460 e. The summed E-state index contributed by atoms with van der Waals surface area (Å²) < 4.78 is 7.38. The summed E-state index contributed by atoms with van der Waals surface area (Å²) in [5, 5.41) is 7.50. The molecule has 0 aromatic carbocycles. The number of nitrogens with zero attached hydrogens (tertiary/aromatic N) is 3. The number of nitrogens with one attached hydrogen (secondary N) is 2. The summed E-state index contributed by atoms with van der Waals surface area (Å²) in [4.78, 5) is 20.9. The SMILES string of the molecule is O=C(N[C@@H]1C[C@H]2CC[C@@H]1N2)c1cc2c(-n3ccnc3)coc2cn1. The molecule has 3 aromatic heterocycles. The zero-order valence-electron chi connectivity index (χ0n) is 13.0. The Kier molecular flexibility index (Phi) is 2.96. The maximum atomic E-state index is 12.6. The Bertz CT molecular complexity index is 901. The van der Waals surface area contributed by atoms with Gasteiger partial charge < -0.3 is 19.6 Å². The molecule has 2 aliphatic rings. The average molecular weight is 323 g/mol. The van der Waals surface area contributed by atoms with Crippen molar-refractivity contribution in [2.45, 2.75) is 37.4 Å².